The smallest absolute Gasteiger partial charge is 0.227 e. The highest BCUT2D eigenvalue weighted by Crippen LogP contribution is 2.21. The number of hydrogen-bond acceptors (Lipinski definition) is 5. The monoisotopic (exact) mass is 341 g/mol. The number of aromatic nitrogens is 3. The number of nitrogens with zero attached hydrogens (tertiary/aromatic N) is 4. The van der Waals surface area contributed by atoms with Crippen LogP contribution >= 0.6 is 0 Å². The van der Waals surface area contributed by atoms with E-state index in [9.17, 15) is 4.79 Å². The molecule has 132 valence electrons. The van der Waals surface area contributed by atoms with Crippen LogP contribution in [0.4, 0.5) is 5.69 Å². The molecule has 0 fully saturated rings. The lowest BCUT2D eigenvalue weighted by Crippen LogP contribution is -2.18. The molecule has 0 saturated heterocycles. The summed E-state index contributed by atoms with van der Waals surface area (Å²) >= 11 is 0. The van der Waals surface area contributed by atoms with Crippen molar-refractivity contribution < 1.29 is 9.32 Å². The molecule has 1 aromatic carbocycles. The van der Waals surface area contributed by atoms with Gasteiger partial charge in [0.2, 0.25) is 11.8 Å². The first-order valence-electron chi connectivity index (χ1n) is 8.34. The van der Waals surface area contributed by atoms with Gasteiger partial charge in [0.05, 0.1) is 5.52 Å². The van der Waals surface area contributed by atoms with Crippen LogP contribution in [0.3, 0.4) is 0 Å². The molecule has 0 spiro atoms. The number of benzene rings is 1. The molecule has 1 N–H and O–H groups in total. The maximum atomic E-state index is 12.2. The van der Waals surface area contributed by atoms with Gasteiger partial charge in [0.25, 0.3) is 0 Å². The van der Waals surface area contributed by atoms with Crippen LogP contribution in [0.1, 0.15) is 18.1 Å². The second-order valence-electron chi connectivity index (χ2n) is 6.37. The van der Waals surface area contributed by atoms with Crippen molar-refractivity contribution in [3.63, 3.8) is 0 Å². The Labute approximate surface area is 146 Å². The van der Waals surface area contributed by atoms with Gasteiger partial charge in [0, 0.05) is 37.8 Å². The third-order valence-electron chi connectivity index (χ3n) is 3.98. The molecule has 0 unspecified atom stereocenters. The van der Waals surface area contributed by atoms with Crippen LogP contribution in [0.2, 0.25) is 0 Å². The fraction of sp³-hybridized carbons (Fsp3) is 0.389. The van der Waals surface area contributed by atoms with Crippen molar-refractivity contribution in [2.45, 2.75) is 26.3 Å². The maximum Gasteiger partial charge on any atom is 0.227 e. The van der Waals surface area contributed by atoms with E-state index >= 15 is 0 Å². The Morgan fingerprint density at radius 1 is 1.32 bits per heavy atom. The first-order chi connectivity index (χ1) is 12.0. The highest BCUT2D eigenvalue weighted by atomic mass is 16.5. The summed E-state index contributed by atoms with van der Waals surface area (Å²) < 4.78 is 7.23. The van der Waals surface area contributed by atoms with E-state index < -0.39 is 0 Å². The van der Waals surface area contributed by atoms with Crippen LogP contribution in [0.25, 0.3) is 10.9 Å². The van der Waals surface area contributed by atoms with Crippen LogP contribution in [-0.4, -0.2) is 46.2 Å². The highest BCUT2D eigenvalue weighted by Gasteiger charge is 2.09. The Balaban J connectivity index is 1.64. The number of nitrogens with one attached hydrogen (secondary N) is 1. The van der Waals surface area contributed by atoms with Gasteiger partial charge in [-0.05, 0) is 44.6 Å². The molecule has 0 aliphatic rings. The summed E-state index contributed by atoms with van der Waals surface area (Å²) in [6.45, 7) is 3.63. The van der Waals surface area contributed by atoms with Gasteiger partial charge in [-0.3, -0.25) is 4.79 Å². The number of amides is 1. The Morgan fingerprint density at radius 3 is 2.88 bits per heavy atom. The number of anilines is 1. The van der Waals surface area contributed by atoms with Crippen LogP contribution < -0.4 is 5.32 Å². The minimum Gasteiger partial charge on any atom is -0.346 e. The lowest BCUT2D eigenvalue weighted by atomic mass is 10.2. The quantitative estimate of drug-likeness (QED) is 0.714. The Bertz CT molecular complexity index is 865. The van der Waals surface area contributed by atoms with E-state index in [0.29, 0.717) is 24.6 Å². The summed E-state index contributed by atoms with van der Waals surface area (Å²) in [5.74, 6) is 1.00. The number of fused-ring (bicyclic) bond motifs is 1. The van der Waals surface area contributed by atoms with Crippen molar-refractivity contribution in [2.75, 3.05) is 26.0 Å². The van der Waals surface area contributed by atoms with E-state index in [1.807, 2.05) is 18.2 Å². The van der Waals surface area contributed by atoms with E-state index in [1.54, 1.807) is 6.92 Å². The van der Waals surface area contributed by atoms with Gasteiger partial charge in [-0.15, -0.1) is 0 Å². The topological polar surface area (TPSA) is 76.2 Å². The predicted octanol–water partition coefficient (Wildman–Crippen LogP) is 2.47. The largest absolute Gasteiger partial charge is 0.346 e. The van der Waals surface area contributed by atoms with E-state index in [4.69, 9.17) is 4.52 Å². The van der Waals surface area contributed by atoms with Crippen molar-refractivity contribution in [2.24, 2.45) is 0 Å². The number of likely N-dealkylation sites (N-methyl/N-ethyl adjacent to an activating group) is 1. The molecular formula is C18H23N5O2. The molecule has 3 rings (SSSR count). The first kappa shape index (κ1) is 17.2. The standard InChI is InChI=1S/C18H23N5O2/c1-13-19-18(25-21-13)7-6-17(24)20-15-5-4-14-8-9-23(16(14)12-15)11-10-22(2)3/h4-5,8-9,12H,6-7,10-11H2,1-3H3,(H,20,24). The summed E-state index contributed by atoms with van der Waals surface area (Å²) in [6, 6.07) is 8.06. The molecule has 0 aliphatic carbocycles. The third-order valence-corrected chi connectivity index (χ3v) is 3.98. The summed E-state index contributed by atoms with van der Waals surface area (Å²) in [4.78, 5) is 18.4. The highest BCUT2D eigenvalue weighted by molar-refractivity contribution is 5.93. The van der Waals surface area contributed by atoms with Crippen LogP contribution in [0, 0.1) is 6.92 Å². The maximum absolute atomic E-state index is 12.2. The van der Waals surface area contributed by atoms with Gasteiger partial charge < -0.3 is 19.3 Å². The Kier molecular flexibility index (Phi) is 5.14. The minimum atomic E-state index is -0.0680. The van der Waals surface area contributed by atoms with Gasteiger partial charge in [0.15, 0.2) is 5.82 Å². The molecule has 7 nitrogen and oxygen atoms in total. The summed E-state index contributed by atoms with van der Waals surface area (Å²) in [5.41, 5.74) is 1.91. The average Bonchev–Trinajstić information content (AvgIpc) is 3.17. The molecule has 7 heteroatoms. The van der Waals surface area contributed by atoms with E-state index in [0.717, 1.165) is 29.7 Å². The summed E-state index contributed by atoms with van der Waals surface area (Å²) in [7, 11) is 4.12. The van der Waals surface area contributed by atoms with Gasteiger partial charge in [0.1, 0.15) is 0 Å². The Hall–Kier alpha value is -2.67. The predicted molar refractivity (Wildman–Crippen MR) is 96.5 cm³/mol. The van der Waals surface area contributed by atoms with Gasteiger partial charge in [-0.25, -0.2) is 0 Å². The van der Waals surface area contributed by atoms with Crippen LogP contribution in [0.15, 0.2) is 35.0 Å². The lowest BCUT2D eigenvalue weighted by molar-refractivity contribution is -0.116. The van der Waals surface area contributed by atoms with Crippen molar-refractivity contribution in [1.29, 1.82) is 0 Å². The molecule has 0 bridgehead atoms. The fourth-order valence-electron chi connectivity index (χ4n) is 2.65. The van der Waals surface area contributed by atoms with Crippen LogP contribution in [-0.2, 0) is 17.8 Å². The first-order valence-corrected chi connectivity index (χ1v) is 8.34. The second kappa shape index (κ2) is 7.48. The van der Waals surface area contributed by atoms with Crippen molar-refractivity contribution >= 4 is 22.5 Å². The number of rotatable bonds is 7. The fourth-order valence-corrected chi connectivity index (χ4v) is 2.65. The lowest BCUT2D eigenvalue weighted by Gasteiger charge is -2.12. The second-order valence-corrected chi connectivity index (χ2v) is 6.37. The molecule has 2 aromatic heterocycles. The average molecular weight is 341 g/mol. The molecule has 2 heterocycles. The molecule has 0 aliphatic heterocycles. The van der Waals surface area contributed by atoms with E-state index in [2.05, 4.69) is 51.3 Å². The van der Waals surface area contributed by atoms with Crippen molar-refractivity contribution in [3.05, 3.63) is 42.2 Å². The number of carbonyl (C=O) groups is 1. The molecule has 0 radical (unpaired) electrons. The van der Waals surface area contributed by atoms with Crippen molar-refractivity contribution in [3.8, 4) is 0 Å². The normalized spacial score (nSPS) is 11.4. The molecule has 1 amide bonds. The zero-order valence-electron chi connectivity index (χ0n) is 14.8. The van der Waals surface area contributed by atoms with Crippen molar-refractivity contribution in [1.82, 2.24) is 19.6 Å². The van der Waals surface area contributed by atoms with Gasteiger partial charge in [-0.1, -0.05) is 11.2 Å². The van der Waals surface area contributed by atoms with E-state index in [1.165, 1.54) is 0 Å². The Morgan fingerprint density at radius 2 is 2.16 bits per heavy atom. The van der Waals surface area contributed by atoms with Gasteiger partial charge >= 0.3 is 0 Å². The molecule has 0 saturated carbocycles. The van der Waals surface area contributed by atoms with Crippen LogP contribution in [0.5, 0.6) is 0 Å². The molecule has 25 heavy (non-hydrogen) atoms. The summed E-state index contributed by atoms with van der Waals surface area (Å²) in [5, 5.41) is 7.83. The zero-order valence-corrected chi connectivity index (χ0v) is 14.8. The molecular weight excluding hydrogens is 318 g/mol. The molecule has 0 atom stereocenters. The molecule has 3 aromatic rings. The number of carbonyl (C=O) groups excluding carboxylic acids is 1. The van der Waals surface area contributed by atoms with E-state index in [-0.39, 0.29) is 5.91 Å². The minimum absolute atomic E-state index is 0.0680. The number of hydrogen-bond donors (Lipinski definition) is 1. The third kappa shape index (κ3) is 4.45. The number of aryl methyl sites for hydroxylation is 2. The summed E-state index contributed by atoms with van der Waals surface area (Å²) in [6.07, 6.45) is 2.83. The SMILES string of the molecule is Cc1noc(CCC(=O)Nc2ccc3ccn(CCN(C)C)c3c2)n1. The van der Waals surface area contributed by atoms with Gasteiger partial charge in [-0.2, -0.15) is 4.98 Å². The zero-order chi connectivity index (χ0) is 17.8.